The number of amides is 2. The summed E-state index contributed by atoms with van der Waals surface area (Å²) in [5, 5.41) is 3.18. The van der Waals surface area contributed by atoms with Crippen molar-refractivity contribution in [2.24, 2.45) is 0 Å². The largest absolute Gasteiger partial charge is 0.337 e. The average molecular weight is 351 g/mol. The Kier molecular flexibility index (Phi) is 4.06. The molecule has 0 aromatic carbocycles. The summed E-state index contributed by atoms with van der Waals surface area (Å²) in [4.78, 5) is 37.8. The highest BCUT2D eigenvalue weighted by Crippen LogP contribution is 2.35. The van der Waals surface area contributed by atoms with Crippen molar-refractivity contribution in [2.45, 2.75) is 25.4 Å². The van der Waals surface area contributed by atoms with Gasteiger partial charge in [0.05, 0.1) is 5.56 Å². The van der Waals surface area contributed by atoms with Crippen LogP contribution in [-0.2, 0) is 0 Å². The molecule has 26 heavy (non-hydrogen) atoms. The number of piperidine rings is 1. The monoisotopic (exact) mass is 351 g/mol. The van der Waals surface area contributed by atoms with Gasteiger partial charge in [0.2, 0.25) is 0 Å². The van der Waals surface area contributed by atoms with Crippen molar-refractivity contribution < 1.29 is 9.59 Å². The molecule has 0 bridgehead atoms. The van der Waals surface area contributed by atoms with Crippen LogP contribution in [0.5, 0.6) is 0 Å². The third-order valence-corrected chi connectivity index (χ3v) is 5.23. The van der Waals surface area contributed by atoms with Crippen LogP contribution in [0.3, 0.4) is 0 Å². The van der Waals surface area contributed by atoms with E-state index in [1.54, 1.807) is 36.7 Å². The maximum atomic E-state index is 12.6. The van der Waals surface area contributed by atoms with Crippen LogP contribution in [0.1, 0.15) is 40.6 Å². The van der Waals surface area contributed by atoms with Crippen molar-refractivity contribution in [3.8, 4) is 0 Å². The molecule has 0 aliphatic carbocycles. The van der Waals surface area contributed by atoms with Crippen molar-refractivity contribution in [3.63, 3.8) is 0 Å². The molecule has 2 amide bonds. The van der Waals surface area contributed by atoms with E-state index in [1.165, 1.54) is 0 Å². The molecule has 2 aromatic heterocycles. The van der Waals surface area contributed by atoms with E-state index in [2.05, 4.69) is 27.1 Å². The minimum atomic E-state index is -0.492. The second-order valence-corrected chi connectivity index (χ2v) is 6.61. The van der Waals surface area contributed by atoms with Gasteiger partial charge in [0.1, 0.15) is 17.2 Å². The maximum Gasteiger partial charge on any atom is 0.272 e. The molecule has 1 N–H and O–H groups in total. The van der Waals surface area contributed by atoms with Crippen LogP contribution >= 0.6 is 0 Å². The molecule has 2 aromatic rings. The zero-order valence-corrected chi connectivity index (χ0v) is 14.7. The van der Waals surface area contributed by atoms with Crippen LogP contribution in [0.4, 0.5) is 5.82 Å². The first-order valence-electron chi connectivity index (χ1n) is 8.90. The van der Waals surface area contributed by atoms with Gasteiger partial charge >= 0.3 is 0 Å². The van der Waals surface area contributed by atoms with Crippen LogP contribution in [0.2, 0.25) is 0 Å². The number of carbonyl (C=O) groups excluding carboxylic acids is 2. The molecule has 0 atom stereocenters. The van der Waals surface area contributed by atoms with Crippen molar-refractivity contribution in [1.82, 2.24) is 20.2 Å². The minimum absolute atomic E-state index is 0.0656. The number of hydrogen-bond donors (Lipinski definition) is 1. The Labute approximate surface area is 152 Å². The lowest BCUT2D eigenvalue weighted by Crippen LogP contribution is -2.68. The zero-order chi connectivity index (χ0) is 18.1. The predicted molar refractivity (Wildman–Crippen MR) is 96.8 cm³/mol. The van der Waals surface area contributed by atoms with E-state index in [0.717, 1.165) is 12.4 Å². The lowest BCUT2D eigenvalue weighted by Gasteiger charge is -2.51. The van der Waals surface area contributed by atoms with Gasteiger partial charge in [0, 0.05) is 44.9 Å². The normalized spacial score (nSPS) is 18.4. The van der Waals surface area contributed by atoms with Crippen molar-refractivity contribution in [2.75, 3.05) is 24.5 Å². The molecule has 0 unspecified atom stereocenters. The summed E-state index contributed by atoms with van der Waals surface area (Å²) in [5.41, 5.74) is 0.566. The Morgan fingerprint density at radius 1 is 1.15 bits per heavy atom. The molecule has 7 nitrogen and oxygen atoms in total. The number of hydrogen-bond acceptors (Lipinski definition) is 5. The minimum Gasteiger partial charge on any atom is -0.337 e. The Morgan fingerprint density at radius 3 is 2.62 bits per heavy atom. The van der Waals surface area contributed by atoms with E-state index in [1.807, 2.05) is 11.0 Å². The topological polar surface area (TPSA) is 78.4 Å². The third kappa shape index (κ3) is 2.60. The van der Waals surface area contributed by atoms with Gasteiger partial charge in [-0.1, -0.05) is 6.07 Å². The van der Waals surface area contributed by atoms with Crippen LogP contribution in [0, 0.1) is 0 Å². The number of likely N-dealkylation sites (tertiary alicyclic amines) is 1. The zero-order valence-electron chi connectivity index (χ0n) is 14.7. The quantitative estimate of drug-likeness (QED) is 0.891. The number of anilines is 1. The smallest absolute Gasteiger partial charge is 0.272 e. The van der Waals surface area contributed by atoms with Crippen LogP contribution in [0.15, 0.2) is 42.7 Å². The molecular weight excluding hydrogens is 330 g/mol. The Hall–Kier alpha value is -2.96. The number of nitrogens with one attached hydrogen (secondary N) is 1. The van der Waals surface area contributed by atoms with E-state index in [4.69, 9.17) is 0 Å². The summed E-state index contributed by atoms with van der Waals surface area (Å²) in [6, 6.07) is 8.91. The van der Waals surface area contributed by atoms with Crippen molar-refractivity contribution in [3.05, 3.63) is 54.0 Å². The first kappa shape index (κ1) is 16.5. The van der Waals surface area contributed by atoms with Crippen LogP contribution < -0.4 is 10.2 Å². The fourth-order valence-electron chi connectivity index (χ4n) is 3.92. The Bertz CT molecular complexity index is 831. The van der Waals surface area contributed by atoms with E-state index in [-0.39, 0.29) is 11.8 Å². The molecule has 2 aliphatic rings. The average Bonchev–Trinajstić information content (AvgIpc) is 2.69. The standard InChI is InChI=1S/C19H21N5O2/c1-2-24-16-14(6-5-11-21-16)17(25)22-19(24)8-12-23(13-9-19)18(26)15-7-3-4-10-20-15/h3-7,10-11H,2,8-9,12-13H2,1H3,(H,22,25). The van der Waals surface area contributed by atoms with E-state index in [9.17, 15) is 9.59 Å². The molecule has 1 saturated heterocycles. The molecule has 2 aliphatic heterocycles. The molecule has 0 radical (unpaired) electrons. The first-order valence-corrected chi connectivity index (χ1v) is 8.90. The van der Waals surface area contributed by atoms with Gasteiger partial charge in [-0.3, -0.25) is 14.6 Å². The summed E-state index contributed by atoms with van der Waals surface area (Å²) in [7, 11) is 0. The van der Waals surface area contributed by atoms with Gasteiger partial charge in [0.25, 0.3) is 11.8 Å². The summed E-state index contributed by atoms with van der Waals surface area (Å²) in [6.45, 7) is 3.92. The number of fused-ring (bicyclic) bond motifs is 1. The highest BCUT2D eigenvalue weighted by molar-refractivity contribution is 6.01. The predicted octanol–water partition coefficient (Wildman–Crippen LogP) is 1.68. The summed E-state index contributed by atoms with van der Waals surface area (Å²) in [6.07, 6.45) is 4.65. The van der Waals surface area contributed by atoms with Gasteiger partial charge < -0.3 is 15.1 Å². The van der Waals surface area contributed by atoms with Gasteiger partial charge in [-0.2, -0.15) is 0 Å². The van der Waals surface area contributed by atoms with E-state index in [0.29, 0.717) is 37.2 Å². The van der Waals surface area contributed by atoms with Gasteiger partial charge in [-0.25, -0.2) is 4.98 Å². The molecule has 4 heterocycles. The first-order chi connectivity index (χ1) is 12.6. The summed E-state index contributed by atoms with van der Waals surface area (Å²) < 4.78 is 0. The molecule has 1 spiro atoms. The molecule has 134 valence electrons. The number of carbonyl (C=O) groups is 2. The molecule has 1 fully saturated rings. The Balaban J connectivity index is 1.56. The number of nitrogens with zero attached hydrogens (tertiary/aromatic N) is 4. The second kappa shape index (κ2) is 6.40. The highest BCUT2D eigenvalue weighted by atomic mass is 16.2. The van der Waals surface area contributed by atoms with Gasteiger partial charge in [-0.15, -0.1) is 0 Å². The Morgan fingerprint density at radius 2 is 1.92 bits per heavy atom. The third-order valence-electron chi connectivity index (χ3n) is 5.23. The molecule has 0 saturated carbocycles. The van der Waals surface area contributed by atoms with Gasteiger partial charge in [-0.05, 0) is 31.2 Å². The van der Waals surface area contributed by atoms with E-state index >= 15 is 0 Å². The van der Waals surface area contributed by atoms with Crippen LogP contribution in [-0.4, -0.2) is 52.0 Å². The molecule has 4 rings (SSSR count). The van der Waals surface area contributed by atoms with Crippen LogP contribution in [0.25, 0.3) is 0 Å². The highest BCUT2D eigenvalue weighted by Gasteiger charge is 2.46. The molecular formula is C19H21N5O2. The SMILES string of the molecule is CCN1c2ncccc2C(=O)NC12CCN(C(=O)c1ccccn1)CC2. The lowest BCUT2D eigenvalue weighted by atomic mass is 9.91. The summed E-state index contributed by atoms with van der Waals surface area (Å²) in [5.74, 6) is 0.565. The second-order valence-electron chi connectivity index (χ2n) is 6.61. The van der Waals surface area contributed by atoms with Crippen molar-refractivity contribution >= 4 is 17.6 Å². The number of aromatic nitrogens is 2. The molecule has 7 heteroatoms. The fraction of sp³-hybridized carbons (Fsp3) is 0.368. The number of rotatable bonds is 2. The maximum absolute atomic E-state index is 12.6. The lowest BCUT2D eigenvalue weighted by molar-refractivity contribution is 0.0597. The van der Waals surface area contributed by atoms with Crippen molar-refractivity contribution in [1.29, 1.82) is 0 Å². The number of pyridine rings is 2. The van der Waals surface area contributed by atoms with E-state index < -0.39 is 5.66 Å². The fourth-order valence-corrected chi connectivity index (χ4v) is 3.92. The van der Waals surface area contributed by atoms with Gasteiger partial charge in [0.15, 0.2) is 0 Å². The summed E-state index contributed by atoms with van der Waals surface area (Å²) >= 11 is 0.